The number of halogens is 1. The Bertz CT molecular complexity index is 716. The van der Waals surface area contributed by atoms with Crippen LogP contribution in [0.2, 0.25) is 0 Å². The normalized spacial score (nSPS) is 10.1. The second-order valence-corrected chi connectivity index (χ2v) is 5.06. The third-order valence-corrected chi connectivity index (χ3v) is 3.03. The number of amides is 1. The number of carbonyl (C=O) groups excluding carboxylic acids is 1. The number of aliphatic hydroxyl groups excluding tert-OH is 1. The Hall–Kier alpha value is -2.21. The molecule has 2 aromatic rings. The van der Waals surface area contributed by atoms with Crippen molar-refractivity contribution in [2.75, 3.05) is 13.2 Å². The van der Waals surface area contributed by atoms with Gasteiger partial charge in [0.2, 0.25) is 11.6 Å². The summed E-state index contributed by atoms with van der Waals surface area (Å²) in [7, 11) is 0. The van der Waals surface area contributed by atoms with Crippen molar-refractivity contribution in [2.24, 2.45) is 5.73 Å². The number of nitrogens with zero attached hydrogens (tertiary/aromatic N) is 3. The van der Waals surface area contributed by atoms with Crippen molar-refractivity contribution in [3.63, 3.8) is 0 Å². The molecule has 3 N–H and O–H groups in total. The van der Waals surface area contributed by atoms with Crippen molar-refractivity contribution in [2.45, 2.75) is 6.73 Å². The van der Waals surface area contributed by atoms with Gasteiger partial charge in [0, 0.05) is 10.0 Å². The molecule has 22 heavy (non-hydrogen) atoms. The molecule has 0 radical (unpaired) electrons. The van der Waals surface area contributed by atoms with Crippen molar-refractivity contribution in [1.29, 1.82) is 0 Å². The van der Waals surface area contributed by atoms with Crippen LogP contribution in [-0.2, 0) is 11.5 Å². The number of primary amides is 1. The van der Waals surface area contributed by atoms with Gasteiger partial charge in [-0.05, 0) is 30.2 Å². The molecule has 114 valence electrons. The highest BCUT2D eigenvalue weighted by Crippen LogP contribution is 2.09. The fourth-order valence-corrected chi connectivity index (χ4v) is 1.77. The minimum Gasteiger partial charge on any atom is -0.394 e. The van der Waals surface area contributed by atoms with Gasteiger partial charge in [0.15, 0.2) is 0 Å². The minimum absolute atomic E-state index is 0.0190. The lowest BCUT2D eigenvalue weighted by Crippen LogP contribution is -2.14. The molecular weight excluding hydrogens is 352 g/mol. The number of carbonyl (C=O) groups is 1. The smallest absolute Gasteiger partial charge is 0.288 e. The minimum atomic E-state index is -0.743. The molecule has 0 saturated carbocycles. The van der Waals surface area contributed by atoms with Gasteiger partial charge in [-0.2, -0.15) is 4.98 Å². The van der Waals surface area contributed by atoms with E-state index in [9.17, 15) is 4.79 Å². The van der Waals surface area contributed by atoms with Crippen LogP contribution in [0.25, 0.3) is 0 Å². The zero-order valence-corrected chi connectivity index (χ0v) is 13.1. The lowest BCUT2D eigenvalue weighted by Gasteiger charge is -2.02. The van der Waals surface area contributed by atoms with Crippen LogP contribution < -0.4 is 5.73 Å². The summed E-state index contributed by atoms with van der Waals surface area (Å²) in [6.07, 6.45) is 0. The first kappa shape index (κ1) is 16.2. The number of ether oxygens (including phenoxy) is 1. The van der Waals surface area contributed by atoms with Gasteiger partial charge in [-0.25, -0.2) is 4.68 Å². The van der Waals surface area contributed by atoms with E-state index in [2.05, 4.69) is 37.9 Å². The zero-order valence-electron chi connectivity index (χ0n) is 11.5. The highest BCUT2D eigenvalue weighted by Gasteiger charge is 2.12. The molecule has 0 saturated heterocycles. The predicted octanol–water partition coefficient (Wildman–Crippen LogP) is 0.506. The Kier molecular flexibility index (Phi) is 5.66. The molecule has 1 aromatic heterocycles. The van der Waals surface area contributed by atoms with Gasteiger partial charge in [-0.1, -0.05) is 21.9 Å². The van der Waals surface area contributed by atoms with E-state index in [-0.39, 0.29) is 31.6 Å². The summed E-state index contributed by atoms with van der Waals surface area (Å²) in [6, 6.07) is 7.42. The third-order valence-electron chi connectivity index (χ3n) is 2.50. The summed E-state index contributed by atoms with van der Waals surface area (Å²) in [5.74, 6) is 5.13. The molecule has 7 nitrogen and oxygen atoms in total. The quantitative estimate of drug-likeness (QED) is 0.594. The van der Waals surface area contributed by atoms with E-state index in [0.717, 1.165) is 10.0 Å². The predicted molar refractivity (Wildman–Crippen MR) is 81.7 cm³/mol. The number of benzene rings is 1. The van der Waals surface area contributed by atoms with E-state index in [0.29, 0.717) is 0 Å². The van der Waals surface area contributed by atoms with Crippen molar-refractivity contribution in [3.8, 4) is 11.8 Å². The average Bonchev–Trinajstić information content (AvgIpc) is 2.91. The van der Waals surface area contributed by atoms with Crippen molar-refractivity contribution in [1.82, 2.24) is 14.8 Å². The molecule has 0 fully saturated rings. The monoisotopic (exact) mass is 364 g/mol. The molecule has 0 aliphatic rings. The maximum atomic E-state index is 11.2. The van der Waals surface area contributed by atoms with E-state index in [1.54, 1.807) is 0 Å². The van der Waals surface area contributed by atoms with Gasteiger partial charge in [-0.15, -0.1) is 5.10 Å². The second kappa shape index (κ2) is 7.70. The highest BCUT2D eigenvalue weighted by molar-refractivity contribution is 9.10. The van der Waals surface area contributed by atoms with Crippen molar-refractivity contribution in [3.05, 3.63) is 46.0 Å². The summed E-state index contributed by atoms with van der Waals surface area (Å²) in [5, 5.41) is 12.6. The fourth-order valence-electron chi connectivity index (χ4n) is 1.51. The molecule has 1 heterocycles. The molecule has 2 rings (SSSR count). The van der Waals surface area contributed by atoms with Crippen molar-refractivity contribution < 1.29 is 14.6 Å². The number of hydrogen-bond acceptors (Lipinski definition) is 5. The van der Waals surface area contributed by atoms with Crippen LogP contribution in [0.5, 0.6) is 0 Å². The Morgan fingerprint density at radius 1 is 1.36 bits per heavy atom. The van der Waals surface area contributed by atoms with Crippen molar-refractivity contribution >= 4 is 21.8 Å². The number of hydrogen-bond donors (Lipinski definition) is 2. The SMILES string of the molecule is NC(=O)c1nc(C#Cc2ccc(Br)cc2)n(COCCO)n1. The van der Waals surface area contributed by atoms with Gasteiger partial charge in [0.1, 0.15) is 6.73 Å². The summed E-state index contributed by atoms with van der Waals surface area (Å²) in [5.41, 5.74) is 5.95. The molecule has 0 aliphatic carbocycles. The molecule has 0 atom stereocenters. The first-order valence-electron chi connectivity index (χ1n) is 6.31. The van der Waals surface area contributed by atoms with Crippen LogP contribution >= 0.6 is 15.9 Å². The average molecular weight is 365 g/mol. The first-order valence-corrected chi connectivity index (χ1v) is 7.10. The molecule has 0 aliphatic heterocycles. The van der Waals surface area contributed by atoms with Crippen LogP contribution in [0.1, 0.15) is 22.0 Å². The summed E-state index contributed by atoms with van der Waals surface area (Å²) in [6.45, 7) is 0.0494. The van der Waals surface area contributed by atoms with Crippen LogP contribution in [0.4, 0.5) is 0 Å². The van der Waals surface area contributed by atoms with E-state index in [1.165, 1.54) is 4.68 Å². The lowest BCUT2D eigenvalue weighted by molar-refractivity contribution is 0.0411. The number of rotatable bonds is 5. The molecule has 1 amide bonds. The second-order valence-electron chi connectivity index (χ2n) is 4.14. The highest BCUT2D eigenvalue weighted by atomic mass is 79.9. The number of aromatic nitrogens is 3. The molecule has 8 heteroatoms. The molecular formula is C14H13BrN4O3. The fraction of sp³-hybridized carbons (Fsp3) is 0.214. The molecule has 1 aromatic carbocycles. The van der Waals surface area contributed by atoms with E-state index in [1.807, 2.05) is 24.3 Å². The maximum Gasteiger partial charge on any atom is 0.288 e. The largest absolute Gasteiger partial charge is 0.394 e. The Labute approximate surface area is 135 Å². The summed E-state index contributed by atoms with van der Waals surface area (Å²) >= 11 is 3.34. The molecule has 0 spiro atoms. The van der Waals surface area contributed by atoms with Gasteiger partial charge >= 0.3 is 0 Å². The van der Waals surface area contributed by atoms with Crippen LogP contribution in [-0.4, -0.2) is 39.0 Å². The summed E-state index contributed by atoms with van der Waals surface area (Å²) in [4.78, 5) is 15.1. The topological polar surface area (TPSA) is 103 Å². The number of aliphatic hydroxyl groups is 1. The Balaban J connectivity index is 2.24. The third kappa shape index (κ3) is 4.39. The van der Waals surface area contributed by atoms with E-state index in [4.69, 9.17) is 15.6 Å². The first-order chi connectivity index (χ1) is 10.6. The summed E-state index contributed by atoms with van der Waals surface area (Å²) < 4.78 is 7.43. The van der Waals surface area contributed by atoms with Gasteiger partial charge in [0.25, 0.3) is 5.91 Å². The Morgan fingerprint density at radius 2 is 2.09 bits per heavy atom. The zero-order chi connectivity index (χ0) is 15.9. The van der Waals surface area contributed by atoms with Crippen LogP contribution in [0.15, 0.2) is 28.7 Å². The van der Waals surface area contributed by atoms with E-state index >= 15 is 0 Å². The molecule has 0 bridgehead atoms. The molecule has 0 unspecified atom stereocenters. The van der Waals surface area contributed by atoms with Crippen LogP contribution in [0, 0.1) is 11.8 Å². The Morgan fingerprint density at radius 3 is 2.73 bits per heavy atom. The van der Waals surface area contributed by atoms with Gasteiger partial charge in [0.05, 0.1) is 13.2 Å². The van der Waals surface area contributed by atoms with E-state index < -0.39 is 5.91 Å². The van der Waals surface area contributed by atoms with Gasteiger partial charge in [-0.3, -0.25) is 4.79 Å². The van der Waals surface area contributed by atoms with Crippen LogP contribution in [0.3, 0.4) is 0 Å². The number of nitrogens with two attached hydrogens (primary N) is 1. The lowest BCUT2D eigenvalue weighted by atomic mass is 10.2. The maximum absolute atomic E-state index is 11.2. The standard InChI is InChI=1S/C14H13BrN4O3/c15-11-4-1-10(2-5-11)3-6-12-17-14(13(16)21)18-19(12)9-22-8-7-20/h1-2,4-5,20H,7-9H2,(H2,16,21). The van der Waals surface area contributed by atoms with Gasteiger partial charge < -0.3 is 15.6 Å².